The summed E-state index contributed by atoms with van der Waals surface area (Å²) in [7, 11) is 0. The molecule has 9 nitrogen and oxygen atoms in total. The quantitative estimate of drug-likeness (QED) is 0.555. The van der Waals surface area contributed by atoms with Crippen LogP contribution in [0.4, 0.5) is 20.2 Å². The summed E-state index contributed by atoms with van der Waals surface area (Å²) < 4.78 is 32.4. The van der Waals surface area contributed by atoms with Gasteiger partial charge in [0.25, 0.3) is 0 Å². The monoisotopic (exact) mass is 416 g/mol. The predicted octanol–water partition coefficient (Wildman–Crippen LogP) is 2.01. The van der Waals surface area contributed by atoms with Crippen LogP contribution in [0.5, 0.6) is 0 Å². The number of carboxylic acids is 1. The third kappa shape index (κ3) is 2.65. The molecule has 1 aliphatic carbocycles. The van der Waals surface area contributed by atoms with Gasteiger partial charge in [-0.15, -0.1) is 0 Å². The van der Waals surface area contributed by atoms with Crippen molar-refractivity contribution < 1.29 is 18.7 Å². The maximum Gasteiger partial charge on any atom is 0.341 e. The molecule has 0 radical (unpaired) electrons. The van der Waals surface area contributed by atoms with E-state index >= 15 is 8.78 Å². The maximum absolute atomic E-state index is 15.7. The highest BCUT2D eigenvalue weighted by molar-refractivity contribution is 5.99. The summed E-state index contributed by atoms with van der Waals surface area (Å²) in [5.74, 6) is -2.87. The number of aromatic nitrogens is 4. The van der Waals surface area contributed by atoms with E-state index in [-0.39, 0.29) is 23.2 Å². The van der Waals surface area contributed by atoms with Crippen LogP contribution in [-0.2, 0) is 0 Å². The standard InChI is InChI=1S/C19H18F2N6O3/c20-12-14(22)11-15(27(9-1-2-9)6-10(17(11)28)19(29)30)13(21)16(12)26-4-3-8(5-26)18-23-7-24-25-18/h6-9H,1-5,22H2,(H,29,30)(H,23,24,25). The van der Waals surface area contributed by atoms with Gasteiger partial charge < -0.3 is 20.3 Å². The van der Waals surface area contributed by atoms with E-state index in [1.165, 1.54) is 10.9 Å². The number of hydrogen-bond donors (Lipinski definition) is 3. The van der Waals surface area contributed by atoms with Crippen molar-refractivity contribution in [2.75, 3.05) is 23.7 Å². The number of aromatic amines is 1. The van der Waals surface area contributed by atoms with Gasteiger partial charge in [-0.25, -0.2) is 18.6 Å². The van der Waals surface area contributed by atoms with Crippen molar-refractivity contribution in [3.05, 3.63) is 45.8 Å². The SMILES string of the molecule is Nc1c(F)c(N2CCC(c3ncn[nH]3)C2)c(F)c2c1c(=O)c(C(=O)O)cn2C1CC1. The van der Waals surface area contributed by atoms with Gasteiger partial charge in [0.1, 0.15) is 23.4 Å². The Hall–Kier alpha value is -3.50. The lowest BCUT2D eigenvalue weighted by Crippen LogP contribution is -2.26. The molecule has 11 heteroatoms. The minimum absolute atomic E-state index is 0.0803. The zero-order valence-corrected chi connectivity index (χ0v) is 15.7. The maximum atomic E-state index is 15.7. The molecular formula is C19H18F2N6O3. The Morgan fingerprint density at radius 2 is 2.03 bits per heavy atom. The summed E-state index contributed by atoms with van der Waals surface area (Å²) in [6.07, 6.45) is 4.54. The van der Waals surface area contributed by atoms with Crippen LogP contribution in [-0.4, -0.2) is 43.9 Å². The molecule has 1 aromatic carbocycles. The van der Waals surface area contributed by atoms with Crippen LogP contribution in [0.2, 0.25) is 0 Å². The number of pyridine rings is 1. The number of benzene rings is 1. The summed E-state index contributed by atoms with van der Waals surface area (Å²) in [5, 5.41) is 15.5. The topological polar surface area (TPSA) is 130 Å². The first kappa shape index (κ1) is 18.5. The van der Waals surface area contributed by atoms with Crippen molar-refractivity contribution in [2.24, 2.45) is 0 Å². The third-order valence-corrected chi connectivity index (χ3v) is 5.86. The fourth-order valence-corrected chi connectivity index (χ4v) is 4.22. The van der Waals surface area contributed by atoms with Crippen molar-refractivity contribution >= 4 is 28.2 Å². The molecule has 2 aliphatic rings. The molecule has 1 saturated heterocycles. The zero-order chi connectivity index (χ0) is 21.2. The van der Waals surface area contributed by atoms with E-state index in [1.807, 2.05) is 0 Å². The molecule has 1 saturated carbocycles. The van der Waals surface area contributed by atoms with Crippen LogP contribution in [0.1, 0.15) is 47.4 Å². The van der Waals surface area contributed by atoms with E-state index < -0.39 is 39.7 Å². The van der Waals surface area contributed by atoms with Crippen molar-refractivity contribution in [3.63, 3.8) is 0 Å². The number of fused-ring (bicyclic) bond motifs is 1. The van der Waals surface area contributed by atoms with Gasteiger partial charge in [0.15, 0.2) is 11.6 Å². The fourth-order valence-electron chi connectivity index (χ4n) is 4.22. The Morgan fingerprint density at radius 1 is 1.27 bits per heavy atom. The third-order valence-electron chi connectivity index (χ3n) is 5.86. The zero-order valence-electron chi connectivity index (χ0n) is 15.7. The van der Waals surface area contributed by atoms with Crippen LogP contribution in [0.15, 0.2) is 17.3 Å². The van der Waals surface area contributed by atoms with Gasteiger partial charge in [-0.2, -0.15) is 5.10 Å². The summed E-state index contributed by atoms with van der Waals surface area (Å²) in [4.78, 5) is 29.9. The molecule has 1 aliphatic heterocycles. The number of carbonyl (C=O) groups is 1. The first-order chi connectivity index (χ1) is 14.4. The second kappa shape index (κ2) is 6.51. The molecule has 0 amide bonds. The van der Waals surface area contributed by atoms with Gasteiger partial charge in [-0.3, -0.25) is 9.89 Å². The molecule has 1 atom stereocenters. The van der Waals surface area contributed by atoms with Gasteiger partial charge in [0, 0.05) is 31.2 Å². The number of aromatic carboxylic acids is 1. The van der Waals surface area contributed by atoms with Crippen molar-refractivity contribution in [1.29, 1.82) is 0 Å². The van der Waals surface area contributed by atoms with Gasteiger partial charge in [0.2, 0.25) is 5.43 Å². The second-order valence-corrected chi connectivity index (χ2v) is 7.73. The summed E-state index contributed by atoms with van der Waals surface area (Å²) >= 11 is 0. The minimum atomic E-state index is -1.46. The number of nitrogen functional groups attached to an aromatic ring is 1. The summed E-state index contributed by atoms with van der Waals surface area (Å²) in [6, 6.07) is -0.154. The lowest BCUT2D eigenvalue weighted by atomic mass is 10.1. The molecular weight excluding hydrogens is 398 g/mol. The number of H-pyrrole nitrogens is 1. The first-order valence-electron chi connectivity index (χ1n) is 9.57. The van der Waals surface area contributed by atoms with Crippen LogP contribution >= 0.6 is 0 Å². The molecule has 3 aromatic rings. The molecule has 2 aromatic heterocycles. The van der Waals surface area contributed by atoms with Crippen LogP contribution in [0, 0.1) is 11.6 Å². The fraction of sp³-hybridized carbons (Fsp3) is 0.368. The number of nitrogens with zero attached hydrogens (tertiary/aromatic N) is 4. The average Bonchev–Trinajstić information content (AvgIpc) is 3.20. The number of halogens is 2. The molecule has 30 heavy (non-hydrogen) atoms. The second-order valence-electron chi connectivity index (χ2n) is 7.73. The number of rotatable bonds is 4. The van der Waals surface area contributed by atoms with Crippen LogP contribution < -0.4 is 16.1 Å². The van der Waals surface area contributed by atoms with Gasteiger partial charge in [-0.1, -0.05) is 0 Å². The normalized spacial score (nSPS) is 19.0. The van der Waals surface area contributed by atoms with E-state index in [2.05, 4.69) is 15.2 Å². The van der Waals surface area contributed by atoms with Gasteiger partial charge in [0.05, 0.1) is 16.6 Å². The Balaban J connectivity index is 1.71. The van der Waals surface area contributed by atoms with Gasteiger partial charge in [-0.05, 0) is 19.3 Å². The lowest BCUT2D eigenvalue weighted by Gasteiger charge is -2.23. The van der Waals surface area contributed by atoms with Crippen LogP contribution in [0.25, 0.3) is 10.9 Å². The van der Waals surface area contributed by atoms with Crippen LogP contribution in [0.3, 0.4) is 0 Å². The van der Waals surface area contributed by atoms with E-state index in [0.717, 1.165) is 6.20 Å². The van der Waals surface area contributed by atoms with Crippen molar-refractivity contribution in [2.45, 2.75) is 31.2 Å². The molecule has 5 rings (SSSR count). The highest BCUT2D eigenvalue weighted by Crippen LogP contribution is 2.42. The average molecular weight is 416 g/mol. The Kier molecular flexibility index (Phi) is 4.02. The van der Waals surface area contributed by atoms with Gasteiger partial charge >= 0.3 is 5.97 Å². The molecule has 1 unspecified atom stereocenters. The molecule has 3 heterocycles. The van der Waals surface area contributed by atoms with E-state index in [0.29, 0.717) is 38.2 Å². The highest BCUT2D eigenvalue weighted by Gasteiger charge is 2.35. The first-order valence-corrected chi connectivity index (χ1v) is 9.57. The largest absolute Gasteiger partial charge is 0.477 e. The van der Waals surface area contributed by atoms with E-state index in [9.17, 15) is 14.7 Å². The van der Waals surface area contributed by atoms with Crippen molar-refractivity contribution in [1.82, 2.24) is 19.7 Å². The number of nitrogens with one attached hydrogen (secondary N) is 1. The Morgan fingerprint density at radius 3 is 2.67 bits per heavy atom. The molecule has 0 spiro atoms. The smallest absolute Gasteiger partial charge is 0.341 e. The molecule has 0 bridgehead atoms. The summed E-state index contributed by atoms with van der Waals surface area (Å²) in [6.45, 7) is 0.667. The Labute approximate surface area is 168 Å². The lowest BCUT2D eigenvalue weighted by molar-refractivity contribution is 0.0695. The number of nitrogens with two attached hydrogens (primary N) is 1. The predicted molar refractivity (Wildman–Crippen MR) is 104 cm³/mol. The van der Waals surface area contributed by atoms with E-state index in [4.69, 9.17) is 5.73 Å². The number of anilines is 2. The highest BCUT2D eigenvalue weighted by atomic mass is 19.1. The minimum Gasteiger partial charge on any atom is -0.477 e. The molecule has 156 valence electrons. The summed E-state index contributed by atoms with van der Waals surface area (Å²) in [5.41, 5.74) is 3.41. The number of carboxylic acid groups (broad SMARTS) is 1. The van der Waals surface area contributed by atoms with E-state index in [1.54, 1.807) is 4.90 Å². The molecule has 2 fully saturated rings. The number of hydrogen-bond acceptors (Lipinski definition) is 6. The Bertz CT molecular complexity index is 1240. The van der Waals surface area contributed by atoms with Crippen molar-refractivity contribution in [3.8, 4) is 0 Å². The molecule has 4 N–H and O–H groups in total.